The van der Waals surface area contributed by atoms with Crippen LogP contribution in [0.1, 0.15) is 20.7 Å². The van der Waals surface area contributed by atoms with Gasteiger partial charge in [0.25, 0.3) is 0 Å². The van der Waals surface area contributed by atoms with Gasteiger partial charge >= 0.3 is 0 Å². The highest BCUT2D eigenvalue weighted by Crippen LogP contribution is 2.39. The van der Waals surface area contributed by atoms with E-state index in [0.717, 1.165) is 20.0 Å². The lowest BCUT2D eigenvalue weighted by Crippen LogP contribution is -1.96. The Morgan fingerprint density at radius 2 is 2.25 bits per heavy atom. The molecule has 0 amide bonds. The predicted octanol–water partition coefficient (Wildman–Crippen LogP) is 3.97. The number of hydrogen-bond acceptors (Lipinski definition) is 4. The van der Waals surface area contributed by atoms with Crippen LogP contribution in [0.25, 0.3) is 0 Å². The summed E-state index contributed by atoms with van der Waals surface area (Å²) in [6, 6.07) is 3.84. The Bertz CT molecular complexity index is 470. The summed E-state index contributed by atoms with van der Waals surface area (Å²) in [5, 5.41) is 12.2. The van der Waals surface area contributed by atoms with E-state index in [2.05, 4.69) is 15.9 Å². The highest BCUT2D eigenvalue weighted by atomic mass is 79.9. The van der Waals surface area contributed by atoms with Crippen molar-refractivity contribution in [1.82, 2.24) is 0 Å². The molecule has 86 valence electrons. The summed E-state index contributed by atoms with van der Waals surface area (Å²) < 4.78 is 6.25. The third kappa shape index (κ3) is 2.18. The molecule has 2 aromatic heterocycles. The van der Waals surface area contributed by atoms with Crippen molar-refractivity contribution in [3.8, 4) is 5.75 Å². The van der Waals surface area contributed by atoms with Crippen molar-refractivity contribution < 1.29 is 9.84 Å². The van der Waals surface area contributed by atoms with Crippen LogP contribution in [-0.4, -0.2) is 12.2 Å². The molecule has 0 aliphatic carbocycles. The number of thiophene rings is 2. The molecule has 2 nitrogen and oxygen atoms in total. The van der Waals surface area contributed by atoms with E-state index in [-0.39, 0.29) is 0 Å². The molecule has 1 unspecified atom stereocenters. The largest absolute Gasteiger partial charge is 0.495 e. The Hall–Kier alpha value is -0.360. The lowest BCUT2D eigenvalue weighted by Gasteiger charge is -2.08. The van der Waals surface area contributed by atoms with Gasteiger partial charge in [-0.05, 0) is 40.4 Å². The highest BCUT2D eigenvalue weighted by molar-refractivity contribution is 9.10. The minimum Gasteiger partial charge on any atom is -0.495 e. The average Bonchev–Trinajstić information content (AvgIpc) is 2.85. The first-order valence-corrected chi connectivity index (χ1v) is 7.17. The molecule has 1 atom stereocenters. The lowest BCUT2D eigenvalue weighted by atomic mass is 10.2. The second-order valence-corrected chi connectivity index (χ2v) is 6.40. The lowest BCUT2D eigenvalue weighted by molar-refractivity contribution is 0.223. The molecule has 2 aromatic rings. The second-order valence-electron chi connectivity index (χ2n) is 3.31. The zero-order valence-corrected chi connectivity index (χ0v) is 12.1. The molecule has 1 N–H and O–H groups in total. The molecule has 0 fully saturated rings. The predicted molar refractivity (Wildman–Crippen MR) is 71.7 cm³/mol. The smallest absolute Gasteiger partial charge is 0.135 e. The van der Waals surface area contributed by atoms with Crippen LogP contribution in [0.15, 0.2) is 22.0 Å². The van der Waals surface area contributed by atoms with Crippen LogP contribution in [0.3, 0.4) is 0 Å². The number of ether oxygens (including phenoxy) is 1. The van der Waals surface area contributed by atoms with Gasteiger partial charge in [-0.1, -0.05) is 0 Å². The molecule has 0 aliphatic heterocycles. The summed E-state index contributed by atoms with van der Waals surface area (Å²) in [6.45, 7) is 2.02. The minimum atomic E-state index is -0.593. The van der Waals surface area contributed by atoms with E-state index in [0.29, 0.717) is 0 Å². The fourth-order valence-electron chi connectivity index (χ4n) is 1.42. The molecule has 0 spiro atoms. The first-order chi connectivity index (χ1) is 7.63. The zero-order valence-electron chi connectivity index (χ0n) is 8.86. The molecule has 0 saturated heterocycles. The molecule has 0 aliphatic rings. The van der Waals surface area contributed by atoms with Crippen LogP contribution in [0.2, 0.25) is 0 Å². The number of hydrogen-bond donors (Lipinski definition) is 1. The Balaban J connectivity index is 2.35. The van der Waals surface area contributed by atoms with E-state index in [4.69, 9.17) is 4.74 Å². The summed E-state index contributed by atoms with van der Waals surface area (Å²) in [4.78, 5) is 2.96. The van der Waals surface area contributed by atoms with Crippen molar-refractivity contribution in [2.75, 3.05) is 7.11 Å². The number of halogens is 1. The van der Waals surface area contributed by atoms with E-state index in [9.17, 15) is 5.11 Å². The van der Waals surface area contributed by atoms with Crippen LogP contribution in [-0.2, 0) is 0 Å². The van der Waals surface area contributed by atoms with Gasteiger partial charge in [0.05, 0.1) is 12.0 Å². The van der Waals surface area contributed by atoms with Gasteiger partial charge in [-0.3, -0.25) is 0 Å². The average molecular weight is 319 g/mol. The Kier molecular flexibility index (Phi) is 3.69. The Morgan fingerprint density at radius 1 is 1.50 bits per heavy atom. The molecule has 0 bridgehead atoms. The first kappa shape index (κ1) is 12.1. The second kappa shape index (κ2) is 4.87. The Morgan fingerprint density at radius 3 is 2.81 bits per heavy atom. The van der Waals surface area contributed by atoms with Gasteiger partial charge in [0.15, 0.2) is 0 Å². The number of aliphatic hydroxyl groups excluding tert-OH is 1. The normalized spacial score (nSPS) is 12.8. The molecule has 2 rings (SSSR count). The standard InChI is InChI=1S/C11H11BrO2S2/c1-6-7(12)5-9(16-6)10(13)11-8(14-2)3-4-15-11/h3-5,10,13H,1-2H3. The number of aryl methyl sites for hydroxylation is 1. The van der Waals surface area contributed by atoms with Crippen molar-refractivity contribution in [2.24, 2.45) is 0 Å². The molecule has 0 aromatic carbocycles. The quantitative estimate of drug-likeness (QED) is 0.927. The fourth-order valence-corrected chi connectivity index (χ4v) is 3.92. The topological polar surface area (TPSA) is 29.5 Å². The molecular weight excluding hydrogens is 308 g/mol. The van der Waals surface area contributed by atoms with Gasteiger partial charge in [-0.15, -0.1) is 22.7 Å². The van der Waals surface area contributed by atoms with Gasteiger partial charge < -0.3 is 9.84 Å². The van der Waals surface area contributed by atoms with Crippen LogP contribution in [0.4, 0.5) is 0 Å². The Labute approximate surface area is 111 Å². The van der Waals surface area contributed by atoms with E-state index in [1.807, 2.05) is 24.4 Å². The first-order valence-electron chi connectivity index (χ1n) is 4.68. The summed E-state index contributed by atoms with van der Waals surface area (Å²) in [5.74, 6) is 0.750. The van der Waals surface area contributed by atoms with Crippen molar-refractivity contribution in [3.63, 3.8) is 0 Å². The number of rotatable bonds is 3. The van der Waals surface area contributed by atoms with Crippen LogP contribution in [0.5, 0.6) is 5.75 Å². The monoisotopic (exact) mass is 318 g/mol. The van der Waals surface area contributed by atoms with Crippen molar-refractivity contribution in [2.45, 2.75) is 13.0 Å². The van der Waals surface area contributed by atoms with E-state index < -0.39 is 6.10 Å². The van der Waals surface area contributed by atoms with Crippen LogP contribution in [0, 0.1) is 6.92 Å². The van der Waals surface area contributed by atoms with Crippen LogP contribution < -0.4 is 4.74 Å². The maximum absolute atomic E-state index is 10.3. The van der Waals surface area contributed by atoms with Crippen molar-refractivity contribution in [1.29, 1.82) is 0 Å². The summed E-state index contributed by atoms with van der Waals surface area (Å²) in [7, 11) is 1.62. The maximum atomic E-state index is 10.3. The third-order valence-electron chi connectivity index (χ3n) is 2.27. The summed E-state index contributed by atoms with van der Waals surface area (Å²) in [5.41, 5.74) is 0. The molecule has 0 radical (unpaired) electrons. The number of methoxy groups -OCH3 is 1. The van der Waals surface area contributed by atoms with E-state index in [1.165, 1.54) is 16.2 Å². The minimum absolute atomic E-state index is 0.593. The summed E-state index contributed by atoms with van der Waals surface area (Å²) >= 11 is 6.56. The van der Waals surface area contributed by atoms with E-state index in [1.54, 1.807) is 18.4 Å². The van der Waals surface area contributed by atoms with Gasteiger partial charge in [-0.25, -0.2) is 0 Å². The fraction of sp³-hybridized carbons (Fsp3) is 0.273. The van der Waals surface area contributed by atoms with Crippen molar-refractivity contribution in [3.05, 3.63) is 36.6 Å². The van der Waals surface area contributed by atoms with Gasteiger partial charge in [0.2, 0.25) is 0 Å². The van der Waals surface area contributed by atoms with Crippen molar-refractivity contribution >= 4 is 38.6 Å². The van der Waals surface area contributed by atoms with E-state index >= 15 is 0 Å². The van der Waals surface area contributed by atoms with Gasteiger partial charge in [0.1, 0.15) is 11.9 Å². The third-order valence-corrected chi connectivity index (χ3v) is 5.41. The van der Waals surface area contributed by atoms with Crippen LogP contribution >= 0.6 is 38.6 Å². The molecule has 0 saturated carbocycles. The van der Waals surface area contributed by atoms with Gasteiger partial charge in [-0.2, -0.15) is 0 Å². The summed E-state index contributed by atoms with van der Waals surface area (Å²) in [6.07, 6.45) is -0.593. The molecular formula is C11H11BrO2S2. The molecule has 5 heteroatoms. The maximum Gasteiger partial charge on any atom is 0.135 e. The SMILES string of the molecule is COc1ccsc1C(O)c1cc(Br)c(C)s1. The zero-order chi connectivity index (χ0) is 11.7. The molecule has 16 heavy (non-hydrogen) atoms. The highest BCUT2D eigenvalue weighted by Gasteiger charge is 2.19. The van der Waals surface area contributed by atoms with Gasteiger partial charge in [0, 0.05) is 14.2 Å². The number of aliphatic hydroxyl groups is 1. The molecule has 2 heterocycles.